The van der Waals surface area contributed by atoms with Crippen molar-refractivity contribution in [3.63, 3.8) is 0 Å². The summed E-state index contributed by atoms with van der Waals surface area (Å²) in [5.41, 5.74) is 2.25. The number of oxime groups is 1. The monoisotopic (exact) mass is 179 g/mol. The molecular weight excluding hydrogens is 170 g/mol. The third kappa shape index (κ3) is 1.20. The Kier molecular flexibility index (Phi) is 2.04. The zero-order chi connectivity index (χ0) is 8.39. The van der Waals surface area contributed by atoms with Gasteiger partial charge in [0.05, 0.1) is 5.71 Å². The van der Waals surface area contributed by atoms with E-state index in [1.54, 1.807) is 18.9 Å². The summed E-state index contributed by atoms with van der Waals surface area (Å²) < 4.78 is 0. The van der Waals surface area contributed by atoms with Gasteiger partial charge >= 0.3 is 0 Å². The number of fused-ring (bicyclic) bond motifs is 1. The van der Waals surface area contributed by atoms with E-state index in [-0.39, 0.29) is 0 Å². The molecule has 0 amide bonds. The van der Waals surface area contributed by atoms with Gasteiger partial charge in [-0.2, -0.15) is 0 Å². The lowest BCUT2D eigenvalue weighted by Gasteiger charge is -1.95. The minimum atomic E-state index is 0.924. The van der Waals surface area contributed by atoms with E-state index < -0.39 is 0 Å². The second-order valence-corrected chi connectivity index (χ2v) is 3.52. The van der Waals surface area contributed by atoms with E-state index in [4.69, 9.17) is 4.84 Å². The number of nitrogens with zero attached hydrogens (tertiary/aromatic N) is 1. The molecule has 1 aromatic rings. The highest BCUT2D eigenvalue weighted by Crippen LogP contribution is 2.30. The summed E-state index contributed by atoms with van der Waals surface area (Å²) >= 11 is 1.81. The molecule has 0 unspecified atom stereocenters. The zero-order valence-corrected chi connectivity index (χ0v) is 7.60. The number of thioether (sulfide) groups is 1. The van der Waals surface area contributed by atoms with Gasteiger partial charge in [0.25, 0.3) is 0 Å². The molecule has 12 heavy (non-hydrogen) atoms. The molecule has 0 bridgehead atoms. The van der Waals surface area contributed by atoms with E-state index in [0.29, 0.717) is 0 Å². The molecule has 0 radical (unpaired) electrons. The van der Waals surface area contributed by atoms with E-state index in [0.717, 1.165) is 11.5 Å². The van der Waals surface area contributed by atoms with Gasteiger partial charge in [-0.3, -0.25) is 0 Å². The average molecular weight is 179 g/mol. The molecular formula is C9H9NOS. The van der Waals surface area contributed by atoms with Crippen molar-refractivity contribution in [3.05, 3.63) is 29.8 Å². The minimum Gasteiger partial charge on any atom is -0.399 e. The van der Waals surface area contributed by atoms with Crippen molar-refractivity contribution in [3.8, 4) is 0 Å². The quantitative estimate of drug-likeness (QED) is 0.616. The number of benzene rings is 1. The molecule has 0 aromatic heterocycles. The van der Waals surface area contributed by atoms with Gasteiger partial charge in [-0.1, -0.05) is 23.4 Å². The first-order valence-electron chi connectivity index (χ1n) is 3.74. The van der Waals surface area contributed by atoms with Gasteiger partial charge < -0.3 is 4.84 Å². The van der Waals surface area contributed by atoms with Crippen LogP contribution in [0.25, 0.3) is 0 Å². The van der Waals surface area contributed by atoms with Crippen molar-refractivity contribution < 1.29 is 4.84 Å². The largest absolute Gasteiger partial charge is 0.399 e. The van der Waals surface area contributed by atoms with Gasteiger partial charge in [-0.05, 0) is 6.07 Å². The van der Waals surface area contributed by atoms with Gasteiger partial charge in [0.15, 0.2) is 0 Å². The van der Waals surface area contributed by atoms with Crippen molar-refractivity contribution in [1.82, 2.24) is 0 Å². The molecule has 1 aliphatic rings. The summed E-state index contributed by atoms with van der Waals surface area (Å²) in [6.07, 6.45) is 0. The number of hydrogen-bond acceptors (Lipinski definition) is 3. The van der Waals surface area contributed by atoms with E-state index in [2.05, 4.69) is 17.3 Å². The second kappa shape index (κ2) is 3.19. The van der Waals surface area contributed by atoms with Crippen LogP contribution < -0.4 is 0 Å². The summed E-state index contributed by atoms with van der Waals surface area (Å²) in [6, 6.07) is 8.25. The fourth-order valence-corrected chi connectivity index (χ4v) is 2.26. The van der Waals surface area contributed by atoms with Gasteiger partial charge in [-0.25, -0.2) is 0 Å². The lowest BCUT2D eigenvalue weighted by molar-refractivity contribution is 0.213. The first kappa shape index (κ1) is 7.68. The van der Waals surface area contributed by atoms with Crippen LogP contribution in [0.2, 0.25) is 0 Å². The smallest absolute Gasteiger partial charge is 0.106 e. The molecule has 1 heterocycles. The molecule has 3 heteroatoms. The van der Waals surface area contributed by atoms with Crippen LogP contribution in [0.15, 0.2) is 34.3 Å². The van der Waals surface area contributed by atoms with Crippen LogP contribution in [0.1, 0.15) is 5.56 Å². The summed E-state index contributed by atoms with van der Waals surface area (Å²) in [4.78, 5) is 6.06. The molecule has 0 atom stereocenters. The maximum Gasteiger partial charge on any atom is 0.106 e. The van der Waals surface area contributed by atoms with E-state index in [9.17, 15) is 0 Å². The van der Waals surface area contributed by atoms with Crippen molar-refractivity contribution in [2.45, 2.75) is 4.90 Å². The third-order valence-corrected chi connectivity index (χ3v) is 2.85. The van der Waals surface area contributed by atoms with E-state index in [1.165, 1.54) is 10.5 Å². The topological polar surface area (TPSA) is 21.6 Å². The van der Waals surface area contributed by atoms with Crippen LogP contribution in [0.5, 0.6) is 0 Å². The third-order valence-electron chi connectivity index (χ3n) is 1.76. The Balaban J connectivity index is 2.43. The van der Waals surface area contributed by atoms with Crippen molar-refractivity contribution in [2.75, 3.05) is 12.9 Å². The molecule has 1 aromatic carbocycles. The molecule has 1 aliphatic heterocycles. The van der Waals surface area contributed by atoms with Crippen LogP contribution in [0.3, 0.4) is 0 Å². The lowest BCUT2D eigenvalue weighted by atomic mass is 10.1. The Morgan fingerprint density at radius 2 is 2.25 bits per heavy atom. The molecule has 0 saturated heterocycles. The Morgan fingerprint density at radius 3 is 3.08 bits per heavy atom. The van der Waals surface area contributed by atoms with Gasteiger partial charge in [0.1, 0.15) is 7.11 Å². The first-order chi connectivity index (χ1) is 5.92. The molecule has 0 saturated carbocycles. The van der Waals surface area contributed by atoms with E-state index in [1.807, 2.05) is 12.1 Å². The van der Waals surface area contributed by atoms with Crippen LogP contribution in [-0.2, 0) is 4.84 Å². The molecule has 0 fully saturated rings. The molecule has 0 N–H and O–H groups in total. The Morgan fingerprint density at radius 1 is 1.42 bits per heavy atom. The highest BCUT2D eigenvalue weighted by molar-refractivity contribution is 8.00. The van der Waals surface area contributed by atoms with Gasteiger partial charge in [0.2, 0.25) is 0 Å². The lowest BCUT2D eigenvalue weighted by Crippen LogP contribution is -1.98. The first-order valence-corrected chi connectivity index (χ1v) is 4.72. The number of hydrogen-bond donors (Lipinski definition) is 0. The maximum atomic E-state index is 4.76. The van der Waals surface area contributed by atoms with Crippen LogP contribution in [0.4, 0.5) is 0 Å². The van der Waals surface area contributed by atoms with Crippen LogP contribution >= 0.6 is 11.8 Å². The predicted octanol–water partition coefficient (Wildman–Crippen LogP) is 2.14. The van der Waals surface area contributed by atoms with Crippen molar-refractivity contribution in [2.24, 2.45) is 5.16 Å². The average Bonchev–Trinajstić information content (AvgIpc) is 2.50. The second-order valence-electron chi connectivity index (χ2n) is 2.51. The van der Waals surface area contributed by atoms with Crippen LogP contribution in [-0.4, -0.2) is 18.6 Å². The SMILES string of the molecule is CON=C1CSc2ccccc21. The fraction of sp³-hybridized carbons (Fsp3) is 0.222. The minimum absolute atomic E-state index is 0.924. The van der Waals surface area contributed by atoms with Crippen molar-refractivity contribution >= 4 is 17.5 Å². The predicted molar refractivity (Wildman–Crippen MR) is 50.7 cm³/mol. The van der Waals surface area contributed by atoms with Crippen LogP contribution in [0, 0.1) is 0 Å². The summed E-state index contributed by atoms with van der Waals surface area (Å²) in [5, 5.41) is 3.96. The molecule has 2 rings (SSSR count). The molecule has 0 aliphatic carbocycles. The molecule has 62 valence electrons. The van der Waals surface area contributed by atoms with Gasteiger partial charge in [-0.15, -0.1) is 11.8 Å². The highest BCUT2D eigenvalue weighted by atomic mass is 32.2. The molecule has 0 spiro atoms. The van der Waals surface area contributed by atoms with Gasteiger partial charge in [0, 0.05) is 16.2 Å². The summed E-state index contributed by atoms with van der Waals surface area (Å²) in [5.74, 6) is 0.924. The Bertz CT molecular complexity index is 322. The normalized spacial score (nSPS) is 17.9. The number of rotatable bonds is 1. The van der Waals surface area contributed by atoms with Crippen molar-refractivity contribution in [1.29, 1.82) is 0 Å². The van der Waals surface area contributed by atoms with E-state index >= 15 is 0 Å². The standard InChI is InChI=1S/C9H9NOS/c1-11-10-8-6-12-9-5-3-2-4-7(8)9/h2-5H,6H2,1H3. The molecule has 2 nitrogen and oxygen atoms in total. The Labute approximate surface area is 75.6 Å². The summed E-state index contributed by atoms with van der Waals surface area (Å²) in [6.45, 7) is 0. The highest BCUT2D eigenvalue weighted by Gasteiger charge is 2.17. The summed E-state index contributed by atoms with van der Waals surface area (Å²) in [7, 11) is 1.58. The Hall–Kier alpha value is -0.960. The maximum absolute atomic E-state index is 4.76. The fourth-order valence-electron chi connectivity index (χ4n) is 1.24. The zero-order valence-electron chi connectivity index (χ0n) is 6.78.